The Balaban J connectivity index is 1.72. The summed E-state index contributed by atoms with van der Waals surface area (Å²) in [5.74, 6) is -0.485. The number of carbonyl (C=O) groups is 1. The summed E-state index contributed by atoms with van der Waals surface area (Å²) < 4.78 is 0.796. The fourth-order valence-corrected chi connectivity index (χ4v) is 4.81. The number of hydrogen-bond acceptors (Lipinski definition) is 4. The molecule has 3 aromatic rings. The molecule has 1 aromatic heterocycles. The van der Waals surface area contributed by atoms with E-state index < -0.39 is 5.91 Å². The summed E-state index contributed by atoms with van der Waals surface area (Å²) in [5.41, 5.74) is 9.70. The van der Waals surface area contributed by atoms with Crippen molar-refractivity contribution in [2.24, 2.45) is 5.73 Å². The number of nitrogens with one attached hydrogen (secondary N) is 2. The van der Waals surface area contributed by atoms with E-state index in [1.807, 2.05) is 36.5 Å². The number of nitrogens with two attached hydrogens (primary N) is 1. The van der Waals surface area contributed by atoms with Gasteiger partial charge in [-0.05, 0) is 29.8 Å². The third kappa shape index (κ3) is 4.68. The van der Waals surface area contributed by atoms with Crippen molar-refractivity contribution < 1.29 is 9.28 Å². The minimum absolute atomic E-state index is 0.124. The number of amides is 1. The number of primary amides is 1. The molecule has 0 aliphatic carbocycles. The lowest BCUT2D eigenvalue weighted by molar-refractivity contribution is -0.971. The van der Waals surface area contributed by atoms with Gasteiger partial charge in [-0.15, -0.1) is 0 Å². The van der Waals surface area contributed by atoms with Gasteiger partial charge in [0.25, 0.3) is 0 Å². The van der Waals surface area contributed by atoms with E-state index in [2.05, 4.69) is 21.4 Å². The number of nitriles is 1. The first-order valence-electron chi connectivity index (χ1n) is 10.6. The summed E-state index contributed by atoms with van der Waals surface area (Å²) in [6, 6.07) is 15.4. The maximum absolute atomic E-state index is 11.6. The molecule has 1 aliphatic rings. The van der Waals surface area contributed by atoms with Crippen LogP contribution in [0.15, 0.2) is 55.0 Å². The zero-order chi connectivity index (χ0) is 22.6. The van der Waals surface area contributed by atoms with Crippen molar-refractivity contribution in [1.82, 2.24) is 15.3 Å². The predicted octanol–water partition coefficient (Wildman–Crippen LogP) is 2.94. The van der Waals surface area contributed by atoms with Crippen LogP contribution in [0.4, 0.5) is 0 Å². The highest BCUT2D eigenvalue weighted by Crippen LogP contribution is 2.35. The van der Waals surface area contributed by atoms with Gasteiger partial charge in [-0.3, -0.25) is 4.79 Å². The van der Waals surface area contributed by atoms with Crippen LogP contribution in [0.2, 0.25) is 5.02 Å². The van der Waals surface area contributed by atoms with Crippen LogP contribution in [0.25, 0.3) is 0 Å². The first kappa shape index (κ1) is 22.0. The maximum Gasteiger partial charge on any atom is 0.248 e. The lowest BCUT2D eigenvalue weighted by atomic mass is 9.96. The van der Waals surface area contributed by atoms with E-state index in [0.717, 1.165) is 60.4 Å². The van der Waals surface area contributed by atoms with Crippen LogP contribution in [-0.2, 0) is 13.0 Å². The normalized spacial score (nSPS) is 16.2. The Morgan fingerprint density at radius 2 is 1.97 bits per heavy atom. The van der Waals surface area contributed by atoms with Crippen molar-refractivity contribution in [3.8, 4) is 6.07 Å². The Morgan fingerprint density at radius 3 is 2.56 bits per heavy atom. The first-order valence-corrected chi connectivity index (χ1v) is 11.0. The quantitative estimate of drug-likeness (QED) is 0.482. The van der Waals surface area contributed by atoms with Gasteiger partial charge in [0.2, 0.25) is 5.91 Å². The Hall–Kier alpha value is -3.18. The van der Waals surface area contributed by atoms with Crippen LogP contribution >= 0.6 is 11.6 Å². The number of aromatic nitrogens is 2. The second-order valence-electron chi connectivity index (χ2n) is 8.28. The molecule has 4 N–H and O–H groups in total. The molecule has 0 saturated carbocycles. The number of benzene rings is 2. The van der Waals surface area contributed by atoms with Crippen molar-refractivity contribution in [1.29, 1.82) is 5.26 Å². The van der Waals surface area contributed by atoms with Crippen molar-refractivity contribution in [3.63, 3.8) is 0 Å². The zero-order valence-electron chi connectivity index (χ0n) is 17.7. The number of nitrogens with zero attached hydrogens (tertiary/aromatic N) is 3. The average Bonchev–Trinajstić information content (AvgIpc) is 3.34. The molecular weight excluding hydrogens is 424 g/mol. The van der Waals surface area contributed by atoms with E-state index in [1.54, 1.807) is 18.5 Å². The lowest BCUT2D eigenvalue weighted by Crippen LogP contribution is -2.60. The molecule has 1 unspecified atom stereocenters. The number of piperazine rings is 1. The number of hydrogen-bond donors (Lipinski definition) is 3. The largest absolute Gasteiger partial charge is 0.366 e. The highest BCUT2D eigenvalue weighted by atomic mass is 35.5. The van der Waals surface area contributed by atoms with Gasteiger partial charge in [-0.1, -0.05) is 29.8 Å². The van der Waals surface area contributed by atoms with Gasteiger partial charge in [-0.25, -0.2) is 4.98 Å². The third-order valence-corrected chi connectivity index (χ3v) is 6.69. The highest BCUT2D eigenvalue weighted by molar-refractivity contribution is 6.31. The van der Waals surface area contributed by atoms with E-state index in [0.29, 0.717) is 16.1 Å². The number of rotatable bonds is 7. The van der Waals surface area contributed by atoms with Crippen LogP contribution in [0.5, 0.6) is 0 Å². The molecule has 0 radical (unpaired) electrons. The van der Waals surface area contributed by atoms with Crippen LogP contribution in [0.1, 0.15) is 38.8 Å². The first-order chi connectivity index (χ1) is 15.5. The van der Waals surface area contributed by atoms with Gasteiger partial charge in [-0.2, -0.15) is 5.26 Å². The molecular formula is C24H26ClN6O+. The fourth-order valence-electron chi connectivity index (χ4n) is 4.57. The minimum atomic E-state index is -0.485. The third-order valence-electron chi connectivity index (χ3n) is 6.34. The number of quaternary nitrogens is 1. The molecule has 4 rings (SSSR count). The van der Waals surface area contributed by atoms with Crippen LogP contribution in [0.3, 0.4) is 0 Å². The van der Waals surface area contributed by atoms with Crippen LogP contribution in [-0.4, -0.2) is 46.5 Å². The van der Waals surface area contributed by atoms with Gasteiger partial charge in [0.1, 0.15) is 12.6 Å². The topological polar surface area (TPSA) is 108 Å². The van der Waals surface area contributed by atoms with E-state index >= 15 is 0 Å². The molecule has 7 nitrogen and oxygen atoms in total. The summed E-state index contributed by atoms with van der Waals surface area (Å²) in [6.07, 6.45) is 4.41. The summed E-state index contributed by atoms with van der Waals surface area (Å²) in [6.45, 7) is 4.37. The SMILES string of the molecule is N#Cc1ccc(CC(c2cnc[nH]2)[N+]2(Cc3ccc(C(N)=O)cc3Cl)CCNCC2)cc1. The monoisotopic (exact) mass is 449 g/mol. The lowest BCUT2D eigenvalue weighted by Gasteiger charge is -2.47. The number of carbonyl (C=O) groups excluding carboxylic acids is 1. The molecule has 1 fully saturated rings. The molecule has 0 bridgehead atoms. The van der Waals surface area contributed by atoms with Crippen molar-refractivity contribution in [2.75, 3.05) is 26.2 Å². The predicted molar refractivity (Wildman–Crippen MR) is 123 cm³/mol. The van der Waals surface area contributed by atoms with Crippen molar-refractivity contribution in [2.45, 2.75) is 19.0 Å². The summed E-state index contributed by atoms with van der Waals surface area (Å²) in [4.78, 5) is 19.2. The molecule has 2 heterocycles. The number of aromatic amines is 1. The number of H-pyrrole nitrogens is 1. The molecule has 164 valence electrons. The molecule has 1 amide bonds. The molecule has 8 heteroatoms. The second kappa shape index (κ2) is 9.53. The number of imidazole rings is 1. The highest BCUT2D eigenvalue weighted by Gasteiger charge is 2.40. The smallest absolute Gasteiger partial charge is 0.248 e. The molecule has 0 spiro atoms. The van der Waals surface area contributed by atoms with Gasteiger partial charge in [0.15, 0.2) is 0 Å². The number of halogens is 1. The Labute approximate surface area is 192 Å². The van der Waals surface area contributed by atoms with Gasteiger partial charge >= 0.3 is 0 Å². The Morgan fingerprint density at radius 1 is 1.22 bits per heavy atom. The molecule has 1 aliphatic heterocycles. The summed E-state index contributed by atoms with van der Waals surface area (Å²) in [7, 11) is 0. The van der Waals surface area contributed by atoms with Gasteiger partial charge in [0.05, 0.1) is 48.0 Å². The van der Waals surface area contributed by atoms with E-state index in [-0.39, 0.29) is 6.04 Å². The molecule has 1 saturated heterocycles. The van der Waals surface area contributed by atoms with Gasteiger partial charge < -0.3 is 20.5 Å². The Bertz CT molecular complexity index is 1110. The summed E-state index contributed by atoms with van der Waals surface area (Å²) >= 11 is 6.59. The Kier molecular flexibility index (Phi) is 6.56. The fraction of sp³-hybridized carbons (Fsp3) is 0.292. The van der Waals surface area contributed by atoms with E-state index in [9.17, 15) is 4.79 Å². The molecule has 2 aromatic carbocycles. The van der Waals surface area contributed by atoms with Gasteiger partial charge in [0, 0.05) is 30.6 Å². The second-order valence-corrected chi connectivity index (χ2v) is 8.69. The zero-order valence-corrected chi connectivity index (χ0v) is 18.5. The van der Waals surface area contributed by atoms with E-state index in [1.165, 1.54) is 0 Å². The molecule has 1 atom stereocenters. The minimum Gasteiger partial charge on any atom is -0.366 e. The maximum atomic E-state index is 11.6. The average molecular weight is 450 g/mol. The van der Waals surface area contributed by atoms with Crippen molar-refractivity contribution >= 4 is 17.5 Å². The van der Waals surface area contributed by atoms with E-state index in [4.69, 9.17) is 22.6 Å². The van der Waals surface area contributed by atoms with Crippen LogP contribution in [0, 0.1) is 11.3 Å². The standard InChI is InChI=1S/C24H25ClN6O/c25-21-12-19(24(27)32)5-6-20(21)15-31(9-7-28-8-10-31)23(22-14-29-16-30-22)11-17-1-3-18(13-26)4-2-17/h1-6,12,14,16,23,28H,7-11,15H2,(H2-,27,29,30,32)/p+1. The summed E-state index contributed by atoms with van der Waals surface area (Å²) in [5, 5.41) is 13.2. The van der Waals surface area contributed by atoms with Crippen molar-refractivity contribution in [3.05, 3.63) is 88.0 Å². The van der Waals surface area contributed by atoms with Crippen LogP contribution < -0.4 is 11.1 Å². The molecule has 32 heavy (non-hydrogen) atoms.